The molecular formula is C13H23NO4. The Kier molecular flexibility index (Phi) is 6.12. The van der Waals surface area contributed by atoms with Crippen LogP contribution in [0, 0.1) is 5.41 Å². The van der Waals surface area contributed by atoms with E-state index in [1.54, 1.807) is 0 Å². The number of aliphatic hydroxyl groups excluding tert-OH is 1. The average molecular weight is 257 g/mol. The van der Waals surface area contributed by atoms with Crippen molar-refractivity contribution < 1.29 is 19.8 Å². The lowest BCUT2D eigenvalue weighted by Crippen LogP contribution is -2.39. The molecule has 104 valence electrons. The highest BCUT2D eigenvalue weighted by Crippen LogP contribution is 2.37. The van der Waals surface area contributed by atoms with Crippen LogP contribution in [0.4, 0.5) is 0 Å². The molecule has 1 rings (SSSR count). The zero-order chi connectivity index (χ0) is 13.4. The third-order valence-electron chi connectivity index (χ3n) is 3.70. The normalized spacial score (nSPS) is 19.6. The van der Waals surface area contributed by atoms with Crippen LogP contribution in [0.2, 0.25) is 0 Å². The number of rotatable bonds is 5. The Labute approximate surface area is 108 Å². The molecule has 5 heteroatoms. The van der Waals surface area contributed by atoms with Gasteiger partial charge in [-0.1, -0.05) is 32.1 Å². The highest BCUT2D eigenvalue weighted by Gasteiger charge is 2.39. The number of carbonyl (C=O) groups is 2. The summed E-state index contributed by atoms with van der Waals surface area (Å²) in [6.07, 6.45) is 6.19. The van der Waals surface area contributed by atoms with E-state index in [0.717, 1.165) is 32.1 Å². The first-order valence-electron chi connectivity index (χ1n) is 6.72. The molecule has 0 unspecified atom stereocenters. The minimum atomic E-state index is -0.903. The molecule has 3 N–H and O–H groups in total. The van der Waals surface area contributed by atoms with Gasteiger partial charge < -0.3 is 15.5 Å². The smallest absolute Gasteiger partial charge is 0.310 e. The van der Waals surface area contributed by atoms with Crippen molar-refractivity contribution in [2.45, 2.75) is 51.4 Å². The van der Waals surface area contributed by atoms with E-state index in [-0.39, 0.29) is 25.5 Å². The number of carbonyl (C=O) groups excluding carboxylic acids is 1. The van der Waals surface area contributed by atoms with Gasteiger partial charge in [-0.25, -0.2) is 0 Å². The predicted octanol–water partition coefficient (Wildman–Crippen LogP) is 1.30. The van der Waals surface area contributed by atoms with Gasteiger partial charge in [0.25, 0.3) is 0 Å². The number of carboxylic acids is 1. The van der Waals surface area contributed by atoms with Crippen molar-refractivity contribution in [2.24, 2.45) is 5.41 Å². The van der Waals surface area contributed by atoms with Crippen molar-refractivity contribution in [2.75, 3.05) is 13.2 Å². The zero-order valence-electron chi connectivity index (χ0n) is 10.8. The quantitative estimate of drug-likeness (QED) is 0.693. The van der Waals surface area contributed by atoms with E-state index < -0.39 is 11.4 Å². The first-order valence-corrected chi connectivity index (χ1v) is 6.72. The molecule has 1 fully saturated rings. The summed E-state index contributed by atoms with van der Waals surface area (Å²) < 4.78 is 0. The lowest BCUT2D eigenvalue weighted by molar-refractivity contribution is -0.153. The first-order chi connectivity index (χ1) is 8.60. The number of hydrogen-bond donors (Lipinski definition) is 3. The van der Waals surface area contributed by atoms with E-state index >= 15 is 0 Å². The minimum absolute atomic E-state index is 0.0301. The third-order valence-corrected chi connectivity index (χ3v) is 3.70. The van der Waals surface area contributed by atoms with Crippen LogP contribution < -0.4 is 5.32 Å². The van der Waals surface area contributed by atoms with Gasteiger partial charge >= 0.3 is 5.97 Å². The molecule has 0 heterocycles. The Balaban J connectivity index is 2.65. The van der Waals surface area contributed by atoms with Crippen LogP contribution in [0.5, 0.6) is 0 Å². The Hall–Kier alpha value is -1.10. The fraction of sp³-hybridized carbons (Fsp3) is 0.846. The second-order valence-electron chi connectivity index (χ2n) is 5.10. The molecule has 0 atom stereocenters. The Morgan fingerprint density at radius 2 is 1.61 bits per heavy atom. The van der Waals surface area contributed by atoms with Crippen LogP contribution in [0.25, 0.3) is 0 Å². The summed E-state index contributed by atoms with van der Waals surface area (Å²) in [4.78, 5) is 23.2. The number of amides is 1. The van der Waals surface area contributed by atoms with E-state index in [9.17, 15) is 14.7 Å². The van der Waals surface area contributed by atoms with E-state index in [4.69, 9.17) is 5.11 Å². The van der Waals surface area contributed by atoms with Crippen LogP contribution in [-0.4, -0.2) is 35.2 Å². The summed E-state index contributed by atoms with van der Waals surface area (Å²) in [5.74, 6) is -1.13. The van der Waals surface area contributed by atoms with Crippen molar-refractivity contribution in [1.29, 1.82) is 0 Å². The van der Waals surface area contributed by atoms with Gasteiger partial charge in [-0.05, 0) is 12.8 Å². The molecule has 0 bridgehead atoms. The Bertz CT molecular complexity index is 283. The molecule has 1 amide bonds. The molecule has 0 aliphatic heterocycles. The Morgan fingerprint density at radius 3 is 2.11 bits per heavy atom. The molecular weight excluding hydrogens is 234 g/mol. The molecule has 1 saturated carbocycles. The number of carboxylic acid groups (broad SMARTS) is 1. The number of aliphatic carboxylic acids is 1. The summed E-state index contributed by atoms with van der Waals surface area (Å²) in [5.41, 5.74) is -0.903. The number of nitrogens with one attached hydrogen (secondary N) is 1. The molecule has 0 radical (unpaired) electrons. The largest absolute Gasteiger partial charge is 0.481 e. The monoisotopic (exact) mass is 257 g/mol. The lowest BCUT2D eigenvalue weighted by atomic mass is 9.73. The van der Waals surface area contributed by atoms with E-state index in [2.05, 4.69) is 5.32 Å². The van der Waals surface area contributed by atoms with Gasteiger partial charge in [0.05, 0.1) is 12.0 Å². The van der Waals surface area contributed by atoms with Gasteiger partial charge in [0.1, 0.15) is 0 Å². The lowest BCUT2D eigenvalue weighted by Gasteiger charge is -2.30. The summed E-state index contributed by atoms with van der Waals surface area (Å²) in [6.45, 7) is 0.0698. The second-order valence-corrected chi connectivity index (χ2v) is 5.10. The van der Waals surface area contributed by atoms with Gasteiger partial charge in [-0.2, -0.15) is 0 Å². The van der Waals surface area contributed by atoms with Gasteiger partial charge in [0.15, 0.2) is 0 Å². The maximum Gasteiger partial charge on any atom is 0.310 e. The van der Waals surface area contributed by atoms with Gasteiger partial charge in [-0.3, -0.25) is 9.59 Å². The summed E-state index contributed by atoms with van der Waals surface area (Å²) in [7, 11) is 0. The van der Waals surface area contributed by atoms with E-state index in [1.165, 1.54) is 0 Å². The fourth-order valence-corrected chi connectivity index (χ4v) is 2.61. The minimum Gasteiger partial charge on any atom is -0.481 e. The zero-order valence-corrected chi connectivity index (χ0v) is 10.8. The maximum absolute atomic E-state index is 11.7. The highest BCUT2D eigenvalue weighted by molar-refractivity contribution is 5.84. The third kappa shape index (κ3) is 4.29. The van der Waals surface area contributed by atoms with Crippen molar-refractivity contribution in [3.05, 3.63) is 0 Å². The summed E-state index contributed by atoms with van der Waals surface area (Å²) in [5, 5.41) is 20.6. The number of hydrogen-bond acceptors (Lipinski definition) is 3. The SMILES string of the molecule is O=C(CC1(C(=O)O)CCCCCCC1)NCCO. The van der Waals surface area contributed by atoms with Crippen LogP contribution in [0.3, 0.4) is 0 Å². The highest BCUT2D eigenvalue weighted by atomic mass is 16.4. The van der Waals surface area contributed by atoms with Gasteiger partial charge in [-0.15, -0.1) is 0 Å². The molecule has 0 aromatic rings. The van der Waals surface area contributed by atoms with Crippen molar-refractivity contribution in [1.82, 2.24) is 5.32 Å². The van der Waals surface area contributed by atoms with Crippen LogP contribution >= 0.6 is 0 Å². The topological polar surface area (TPSA) is 86.6 Å². The maximum atomic E-state index is 11.7. The van der Waals surface area contributed by atoms with Crippen molar-refractivity contribution >= 4 is 11.9 Å². The van der Waals surface area contributed by atoms with E-state index in [0.29, 0.717) is 12.8 Å². The first kappa shape index (κ1) is 15.0. The van der Waals surface area contributed by atoms with Crippen LogP contribution in [0.15, 0.2) is 0 Å². The standard InChI is InChI=1S/C13H23NO4/c15-9-8-14-11(16)10-13(12(17)18)6-4-2-1-3-5-7-13/h15H,1-10H2,(H,14,16)(H,17,18). The molecule has 0 aromatic heterocycles. The molecule has 1 aliphatic rings. The second kappa shape index (κ2) is 7.36. The van der Waals surface area contributed by atoms with Crippen molar-refractivity contribution in [3.8, 4) is 0 Å². The molecule has 0 saturated heterocycles. The summed E-state index contributed by atoms with van der Waals surface area (Å²) >= 11 is 0. The van der Waals surface area contributed by atoms with Gasteiger partial charge in [0.2, 0.25) is 5.91 Å². The molecule has 18 heavy (non-hydrogen) atoms. The Morgan fingerprint density at radius 1 is 1.06 bits per heavy atom. The van der Waals surface area contributed by atoms with Crippen LogP contribution in [0.1, 0.15) is 51.4 Å². The van der Waals surface area contributed by atoms with Crippen molar-refractivity contribution in [3.63, 3.8) is 0 Å². The molecule has 5 nitrogen and oxygen atoms in total. The van der Waals surface area contributed by atoms with E-state index in [1.807, 2.05) is 0 Å². The molecule has 0 aromatic carbocycles. The molecule has 0 spiro atoms. The van der Waals surface area contributed by atoms with Crippen LogP contribution in [-0.2, 0) is 9.59 Å². The summed E-state index contributed by atoms with van der Waals surface area (Å²) in [6, 6.07) is 0. The average Bonchev–Trinajstić information content (AvgIpc) is 2.29. The van der Waals surface area contributed by atoms with Gasteiger partial charge in [0, 0.05) is 13.0 Å². The number of aliphatic hydroxyl groups is 1. The predicted molar refractivity (Wildman–Crippen MR) is 67.1 cm³/mol. The fourth-order valence-electron chi connectivity index (χ4n) is 2.61. The molecule has 1 aliphatic carbocycles.